The third-order valence-electron chi connectivity index (χ3n) is 4.02. The molecule has 0 amide bonds. The van der Waals surface area contributed by atoms with Crippen LogP contribution in [0.1, 0.15) is 38.5 Å². The zero-order valence-corrected chi connectivity index (χ0v) is 10.2. The van der Waals surface area contributed by atoms with Crippen LogP contribution in [-0.2, 0) is 0 Å². The van der Waals surface area contributed by atoms with Crippen LogP contribution >= 0.6 is 0 Å². The van der Waals surface area contributed by atoms with Crippen LogP contribution in [0.4, 0.5) is 0 Å². The van der Waals surface area contributed by atoms with E-state index in [9.17, 15) is 0 Å². The number of rotatable bonds is 0. The fourth-order valence-corrected chi connectivity index (χ4v) is 3.21. The minimum atomic E-state index is 0.703. The Hall–Kier alpha value is -0.730. The van der Waals surface area contributed by atoms with Crippen molar-refractivity contribution >= 4 is 5.96 Å². The van der Waals surface area contributed by atoms with Gasteiger partial charge in [-0.1, -0.05) is 25.7 Å². The second-order valence-electron chi connectivity index (χ2n) is 4.87. The van der Waals surface area contributed by atoms with Crippen molar-refractivity contribution in [1.82, 2.24) is 9.80 Å². The number of guanidine groups is 1. The highest BCUT2D eigenvalue weighted by Gasteiger charge is 2.39. The van der Waals surface area contributed by atoms with Crippen molar-refractivity contribution in [3.63, 3.8) is 0 Å². The number of likely N-dealkylation sites (N-methyl/N-ethyl adjacent to an activating group) is 2. The van der Waals surface area contributed by atoms with Gasteiger partial charge < -0.3 is 9.80 Å². The molecule has 1 aliphatic heterocycles. The maximum absolute atomic E-state index is 4.40. The topological polar surface area (TPSA) is 18.8 Å². The fourth-order valence-electron chi connectivity index (χ4n) is 3.21. The lowest BCUT2D eigenvalue weighted by Crippen LogP contribution is -2.35. The minimum absolute atomic E-state index is 0.703. The molecule has 0 aromatic rings. The first-order valence-corrected chi connectivity index (χ1v) is 6.18. The second-order valence-corrected chi connectivity index (χ2v) is 4.87. The Morgan fingerprint density at radius 3 is 1.80 bits per heavy atom. The molecule has 0 radical (unpaired) electrons. The number of aliphatic imine (C=N–C) groups is 1. The third kappa shape index (κ3) is 1.84. The highest BCUT2D eigenvalue weighted by atomic mass is 15.4. The monoisotopic (exact) mass is 209 g/mol. The van der Waals surface area contributed by atoms with Crippen LogP contribution in [-0.4, -0.2) is 49.0 Å². The number of fused-ring (bicyclic) bond motifs is 1. The first-order valence-electron chi connectivity index (χ1n) is 6.18. The Morgan fingerprint density at radius 1 is 0.933 bits per heavy atom. The normalized spacial score (nSPS) is 32.3. The first kappa shape index (κ1) is 10.8. The molecule has 0 aromatic heterocycles. The zero-order chi connectivity index (χ0) is 10.8. The van der Waals surface area contributed by atoms with E-state index in [1.54, 1.807) is 0 Å². The molecule has 0 N–H and O–H groups in total. The highest BCUT2D eigenvalue weighted by Crippen LogP contribution is 2.30. The Bertz CT molecular complexity index is 227. The lowest BCUT2D eigenvalue weighted by Gasteiger charge is -2.27. The molecule has 3 heteroatoms. The van der Waals surface area contributed by atoms with Gasteiger partial charge in [-0.25, -0.2) is 0 Å². The molecule has 2 aliphatic rings. The van der Waals surface area contributed by atoms with E-state index in [1.807, 2.05) is 7.05 Å². The highest BCUT2D eigenvalue weighted by molar-refractivity contribution is 5.82. The molecule has 0 aromatic carbocycles. The average molecular weight is 209 g/mol. The van der Waals surface area contributed by atoms with Crippen molar-refractivity contribution in [2.45, 2.75) is 50.6 Å². The molecule has 86 valence electrons. The maximum Gasteiger partial charge on any atom is 0.196 e. The minimum Gasteiger partial charge on any atom is -0.341 e. The Morgan fingerprint density at radius 2 is 1.40 bits per heavy atom. The molecule has 15 heavy (non-hydrogen) atoms. The molecule has 2 rings (SSSR count). The average Bonchev–Trinajstić information content (AvgIpc) is 2.37. The molecule has 1 saturated heterocycles. The summed E-state index contributed by atoms with van der Waals surface area (Å²) in [5.74, 6) is 1.17. The van der Waals surface area contributed by atoms with Gasteiger partial charge in [-0.05, 0) is 12.8 Å². The van der Waals surface area contributed by atoms with E-state index in [1.165, 1.54) is 44.5 Å². The lowest BCUT2D eigenvalue weighted by atomic mass is 9.92. The van der Waals surface area contributed by atoms with Gasteiger partial charge in [0.25, 0.3) is 0 Å². The van der Waals surface area contributed by atoms with Gasteiger partial charge in [-0.3, -0.25) is 4.99 Å². The van der Waals surface area contributed by atoms with Crippen LogP contribution in [0.15, 0.2) is 4.99 Å². The number of hydrogen-bond acceptors (Lipinski definition) is 1. The molecule has 3 nitrogen and oxygen atoms in total. The van der Waals surface area contributed by atoms with E-state index in [4.69, 9.17) is 0 Å². The molecule has 2 fully saturated rings. The van der Waals surface area contributed by atoms with Gasteiger partial charge >= 0.3 is 0 Å². The van der Waals surface area contributed by atoms with Crippen LogP contribution < -0.4 is 0 Å². The SMILES string of the molecule is CN=C1N(C)C2CCCCCCC2N1C. The summed E-state index contributed by atoms with van der Waals surface area (Å²) in [4.78, 5) is 9.17. The molecule has 0 spiro atoms. The van der Waals surface area contributed by atoms with Crippen LogP contribution in [0.5, 0.6) is 0 Å². The van der Waals surface area contributed by atoms with Gasteiger partial charge in [-0.15, -0.1) is 0 Å². The summed E-state index contributed by atoms with van der Waals surface area (Å²) in [7, 11) is 6.30. The molecule has 0 bridgehead atoms. The van der Waals surface area contributed by atoms with Crippen LogP contribution in [0.2, 0.25) is 0 Å². The van der Waals surface area contributed by atoms with Gasteiger partial charge in [0.05, 0.1) is 12.1 Å². The summed E-state index contributed by atoms with van der Waals surface area (Å²) < 4.78 is 0. The van der Waals surface area contributed by atoms with Crippen molar-refractivity contribution < 1.29 is 0 Å². The quantitative estimate of drug-likeness (QED) is 0.607. The van der Waals surface area contributed by atoms with Crippen molar-refractivity contribution in [3.05, 3.63) is 0 Å². The van der Waals surface area contributed by atoms with E-state index >= 15 is 0 Å². The van der Waals surface area contributed by atoms with Crippen molar-refractivity contribution in [3.8, 4) is 0 Å². The summed E-state index contributed by atoms with van der Waals surface area (Å²) in [5.41, 5.74) is 0. The van der Waals surface area contributed by atoms with Crippen LogP contribution in [0.3, 0.4) is 0 Å². The third-order valence-corrected chi connectivity index (χ3v) is 4.02. The predicted molar refractivity (Wildman–Crippen MR) is 64.2 cm³/mol. The van der Waals surface area contributed by atoms with Crippen LogP contribution in [0.25, 0.3) is 0 Å². The molecular weight excluding hydrogens is 186 g/mol. The summed E-state index contributed by atoms with van der Waals surface area (Å²) in [6.45, 7) is 0. The molecule has 1 aliphatic carbocycles. The smallest absolute Gasteiger partial charge is 0.196 e. The van der Waals surface area contributed by atoms with Crippen molar-refractivity contribution in [2.24, 2.45) is 4.99 Å². The Labute approximate surface area is 93.2 Å². The van der Waals surface area contributed by atoms with Gasteiger partial charge in [0, 0.05) is 21.1 Å². The Kier molecular flexibility index (Phi) is 3.17. The maximum atomic E-state index is 4.40. The largest absolute Gasteiger partial charge is 0.341 e. The zero-order valence-electron chi connectivity index (χ0n) is 10.2. The van der Waals surface area contributed by atoms with Gasteiger partial charge in [0.1, 0.15) is 0 Å². The lowest BCUT2D eigenvalue weighted by molar-refractivity contribution is 0.252. The summed E-state index contributed by atoms with van der Waals surface area (Å²) in [6.07, 6.45) is 8.28. The molecule has 2 atom stereocenters. The standard InChI is InChI=1S/C12H23N3/c1-13-12-14(2)10-8-6-4-5-7-9-11(10)15(12)3/h10-11H,4-9H2,1-3H3. The first-order chi connectivity index (χ1) is 7.25. The summed E-state index contributed by atoms with van der Waals surface area (Å²) in [5, 5.41) is 0. The van der Waals surface area contributed by atoms with Crippen molar-refractivity contribution in [2.75, 3.05) is 21.1 Å². The fraction of sp³-hybridized carbons (Fsp3) is 0.917. The molecule has 2 unspecified atom stereocenters. The van der Waals surface area contributed by atoms with Crippen LogP contribution in [0, 0.1) is 0 Å². The van der Waals surface area contributed by atoms with E-state index in [0.717, 1.165) is 0 Å². The van der Waals surface area contributed by atoms with Gasteiger partial charge in [0.2, 0.25) is 0 Å². The Balaban J connectivity index is 2.17. The van der Waals surface area contributed by atoms with E-state index in [-0.39, 0.29) is 0 Å². The molecule has 1 heterocycles. The van der Waals surface area contributed by atoms with Gasteiger partial charge in [-0.2, -0.15) is 0 Å². The number of hydrogen-bond donors (Lipinski definition) is 0. The van der Waals surface area contributed by atoms with Crippen molar-refractivity contribution in [1.29, 1.82) is 0 Å². The summed E-state index contributed by atoms with van der Waals surface area (Å²) in [6, 6.07) is 1.41. The van der Waals surface area contributed by atoms with E-state index in [2.05, 4.69) is 28.9 Å². The summed E-state index contributed by atoms with van der Waals surface area (Å²) >= 11 is 0. The molecular formula is C12H23N3. The number of nitrogens with zero attached hydrogens (tertiary/aromatic N) is 3. The predicted octanol–water partition coefficient (Wildman–Crippen LogP) is 1.94. The second kappa shape index (κ2) is 4.42. The van der Waals surface area contributed by atoms with Gasteiger partial charge in [0.15, 0.2) is 5.96 Å². The molecule has 1 saturated carbocycles. The van der Waals surface area contributed by atoms with E-state index < -0.39 is 0 Å². The van der Waals surface area contributed by atoms with E-state index in [0.29, 0.717) is 12.1 Å².